The van der Waals surface area contributed by atoms with Crippen molar-refractivity contribution in [2.45, 2.75) is 6.18 Å². The van der Waals surface area contributed by atoms with Crippen molar-refractivity contribution in [1.82, 2.24) is 10.3 Å². The first kappa shape index (κ1) is 13.8. The Morgan fingerprint density at radius 1 is 1.41 bits per heavy atom. The van der Waals surface area contributed by atoms with Crippen LogP contribution in [0, 0.1) is 0 Å². The average Bonchev–Trinajstić information content (AvgIpc) is 2.25. The zero-order valence-corrected chi connectivity index (χ0v) is 10.1. The highest BCUT2D eigenvalue weighted by Crippen LogP contribution is 2.12. The molecule has 0 saturated carbocycles. The molecule has 1 heterocycles. The zero-order valence-electron chi connectivity index (χ0n) is 8.51. The van der Waals surface area contributed by atoms with Crippen molar-refractivity contribution in [2.75, 3.05) is 18.4 Å². The van der Waals surface area contributed by atoms with Gasteiger partial charge in [0, 0.05) is 10.7 Å². The third-order valence-electron chi connectivity index (χ3n) is 1.64. The number of carbonyl (C=O) groups excluding carboxylic acids is 1. The van der Waals surface area contributed by atoms with E-state index in [9.17, 15) is 18.0 Å². The number of halogens is 4. The molecule has 0 spiro atoms. The second-order valence-corrected chi connectivity index (χ2v) is 4.02. The maximum absolute atomic E-state index is 11.8. The van der Waals surface area contributed by atoms with E-state index in [4.69, 9.17) is 0 Å². The first-order chi connectivity index (χ1) is 7.87. The van der Waals surface area contributed by atoms with Gasteiger partial charge in [-0.2, -0.15) is 13.2 Å². The summed E-state index contributed by atoms with van der Waals surface area (Å²) in [6.45, 7) is -1.59. The smallest absolute Gasteiger partial charge is 0.361 e. The molecule has 0 bridgehead atoms. The predicted molar refractivity (Wildman–Crippen MR) is 59.5 cm³/mol. The van der Waals surface area contributed by atoms with Crippen molar-refractivity contribution < 1.29 is 18.0 Å². The van der Waals surface area contributed by atoms with E-state index in [0.29, 0.717) is 5.82 Å². The molecule has 0 radical (unpaired) electrons. The number of alkyl halides is 3. The number of nitrogens with zero attached hydrogens (tertiary/aromatic N) is 1. The van der Waals surface area contributed by atoms with E-state index in [1.807, 2.05) is 0 Å². The van der Waals surface area contributed by atoms with Gasteiger partial charge in [-0.3, -0.25) is 4.79 Å². The van der Waals surface area contributed by atoms with Crippen LogP contribution in [-0.4, -0.2) is 30.2 Å². The number of nitrogens with one attached hydrogen (secondary N) is 2. The summed E-state index contributed by atoms with van der Waals surface area (Å²) in [6.07, 6.45) is -2.89. The van der Waals surface area contributed by atoms with Crippen LogP contribution in [0.25, 0.3) is 0 Å². The average molecular weight is 312 g/mol. The van der Waals surface area contributed by atoms with Crippen molar-refractivity contribution >= 4 is 27.7 Å². The molecular weight excluding hydrogens is 303 g/mol. The summed E-state index contributed by atoms with van der Waals surface area (Å²) in [5.41, 5.74) is 0. The van der Waals surface area contributed by atoms with Crippen LogP contribution in [0.15, 0.2) is 22.8 Å². The van der Waals surface area contributed by atoms with E-state index >= 15 is 0 Å². The Kier molecular flexibility index (Phi) is 4.73. The molecule has 2 N–H and O–H groups in total. The highest BCUT2D eigenvalue weighted by Gasteiger charge is 2.27. The van der Waals surface area contributed by atoms with E-state index in [2.05, 4.69) is 26.2 Å². The van der Waals surface area contributed by atoms with E-state index in [1.165, 1.54) is 6.20 Å². The number of rotatable bonds is 4. The molecular formula is C9H9BrF3N3O. The molecule has 0 aliphatic rings. The van der Waals surface area contributed by atoms with Crippen LogP contribution < -0.4 is 10.6 Å². The van der Waals surface area contributed by atoms with Crippen molar-refractivity contribution in [3.63, 3.8) is 0 Å². The lowest BCUT2D eigenvalue weighted by molar-refractivity contribution is -0.137. The molecule has 0 aromatic carbocycles. The standard InChI is InChI=1S/C9H9BrF3N3O/c10-6-1-2-7(14-3-6)15-4-8(17)16-5-9(11,12)13/h1-3H,4-5H2,(H,14,15)(H,16,17). The fourth-order valence-corrected chi connectivity index (χ4v) is 1.15. The Morgan fingerprint density at radius 3 is 2.65 bits per heavy atom. The minimum absolute atomic E-state index is 0.259. The van der Waals surface area contributed by atoms with Gasteiger partial charge in [-0.15, -0.1) is 0 Å². The molecule has 1 aromatic heterocycles. The number of carbonyl (C=O) groups is 1. The minimum Gasteiger partial charge on any atom is -0.361 e. The summed E-state index contributed by atoms with van der Waals surface area (Å²) in [5.74, 6) is -0.331. The maximum atomic E-state index is 11.8. The Labute approximate surface area is 104 Å². The van der Waals surface area contributed by atoms with Crippen molar-refractivity contribution in [3.05, 3.63) is 22.8 Å². The number of pyridine rings is 1. The highest BCUT2D eigenvalue weighted by atomic mass is 79.9. The van der Waals surface area contributed by atoms with Crippen molar-refractivity contribution in [2.24, 2.45) is 0 Å². The predicted octanol–water partition coefficient (Wildman–Crippen LogP) is 1.93. The molecule has 0 saturated heterocycles. The molecule has 17 heavy (non-hydrogen) atoms. The summed E-state index contributed by atoms with van der Waals surface area (Å²) >= 11 is 3.18. The first-order valence-corrected chi connectivity index (χ1v) is 5.35. The Morgan fingerprint density at radius 2 is 2.12 bits per heavy atom. The third kappa shape index (κ3) is 6.10. The summed E-state index contributed by atoms with van der Waals surface area (Å²) in [7, 11) is 0. The molecule has 4 nitrogen and oxygen atoms in total. The lowest BCUT2D eigenvalue weighted by atomic mass is 10.4. The quantitative estimate of drug-likeness (QED) is 0.893. The van der Waals surface area contributed by atoms with Gasteiger partial charge in [0.2, 0.25) is 5.91 Å². The van der Waals surface area contributed by atoms with Crippen LogP contribution in [0.2, 0.25) is 0 Å². The summed E-state index contributed by atoms with van der Waals surface area (Å²) in [6, 6.07) is 3.30. The number of hydrogen-bond donors (Lipinski definition) is 2. The third-order valence-corrected chi connectivity index (χ3v) is 2.11. The van der Waals surface area contributed by atoms with Gasteiger partial charge in [0.25, 0.3) is 0 Å². The highest BCUT2D eigenvalue weighted by molar-refractivity contribution is 9.10. The largest absolute Gasteiger partial charge is 0.405 e. The van der Waals surface area contributed by atoms with E-state index < -0.39 is 18.6 Å². The Bertz CT molecular complexity index is 380. The van der Waals surface area contributed by atoms with Gasteiger partial charge in [-0.25, -0.2) is 4.98 Å². The van der Waals surface area contributed by atoms with Crippen molar-refractivity contribution in [1.29, 1.82) is 0 Å². The zero-order chi connectivity index (χ0) is 12.9. The van der Waals surface area contributed by atoms with E-state index in [-0.39, 0.29) is 6.54 Å². The molecule has 1 aromatic rings. The van der Waals surface area contributed by atoms with Gasteiger partial charge in [-0.1, -0.05) is 0 Å². The van der Waals surface area contributed by atoms with Gasteiger partial charge in [-0.05, 0) is 28.1 Å². The molecule has 1 amide bonds. The normalized spacial score (nSPS) is 11.1. The summed E-state index contributed by atoms with van der Waals surface area (Å²) in [5, 5.41) is 4.34. The van der Waals surface area contributed by atoms with Gasteiger partial charge in [0.1, 0.15) is 12.4 Å². The van der Waals surface area contributed by atoms with Crippen molar-refractivity contribution in [3.8, 4) is 0 Å². The number of aromatic nitrogens is 1. The molecule has 0 aliphatic heterocycles. The van der Waals surface area contributed by atoms with Crippen LogP contribution >= 0.6 is 15.9 Å². The number of anilines is 1. The molecule has 0 atom stereocenters. The number of amides is 1. The van der Waals surface area contributed by atoms with E-state index in [0.717, 1.165) is 4.47 Å². The second-order valence-electron chi connectivity index (χ2n) is 3.11. The molecule has 0 unspecified atom stereocenters. The Hall–Kier alpha value is -1.31. The molecule has 1 rings (SSSR count). The topological polar surface area (TPSA) is 54.0 Å². The lowest BCUT2D eigenvalue weighted by Gasteiger charge is -2.09. The lowest BCUT2D eigenvalue weighted by Crippen LogP contribution is -2.37. The van der Waals surface area contributed by atoms with Crippen LogP contribution in [0.5, 0.6) is 0 Å². The van der Waals surface area contributed by atoms with Gasteiger partial charge >= 0.3 is 6.18 Å². The molecule has 0 fully saturated rings. The molecule has 8 heteroatoms. The Balaban J connectivity index is 2.31. The molecule has 94 valence electrons. The van der Waals surface area contributed by atoms with Crippen LogP contribution in [0.3, 0.4) is 0 Å². The van der Waals surface area contributed by atoms with E-state index in [1.54, 1.807) is 17.4 Å². The first-order valence-electron chi connectivity index (χ1n) is 4.56. The fourth-order valence-electron chi connectivity index (χ4n) is 0.913. The molecule has 0 aliphatic carbocycles. The summed E-state index contributed by atoms with van der Waals surface area (Å²) < 4.78 is 36.1. The van der Waals surface area contributed by atoms with Gasteiger partial charge in [0.05, 0.1) is 6.54 Å². The van der Waals surface area contributed by atoms with Gasteiger partial charge in [0.15, 0.2) is 0 Å². The monoisotopic (exact) mass is 311 g/mol. The maximum Gasteiger partial charge on any atom is 0.405 e. The van der Waals surface area contributed by atoms with Crippen LogP contribution in [0.4, 0.5) is 19.0 Å². The number of hydrogen-bond acceptors (Lipinski definition) is 3. The summed E-state index contributed by atoms with van der Waals surface area (Å²) in [4.78, 5) is 14.9. The SMILES string of the molecule is O=C(CNc1ccc(Br)cn1)NCC(F)(F)F. The van der Waals surface area contributed by atoms with Crippen LogP contribution in [-0.2, 0) is 4.79 Å². The van der Waals surface area contributed by atoms with Crippen LogP contribution in [0.1, 0.15) is 0 Å². The minimum atomic E-state index is -4.40. The fraction of sp³-hybridized carbons (Fsp3) is 0.333. The van der Waals surface area contributed by atoms with Gasteiger partial charge < -0.3 is 10.6 Å². The second kappa shape index (κ2) is 5.85.